The topological polar surface area (TPSA) is 71.3 Å². The van der Waals surface area contributed by atoms with E-state index in [-0.39, 0.29) is 10.6 Å². The van der Waals surface area contributed by atoms with Crippen LogP contribution in [0.3, 0.4) is 0 Å². The first kappa shape index (κ1) is 13.8. The molecule has 1 aromatic heterocycles. The van der Waals surface area contributed by atoms with E-state index in [1.54, 1.807) is 18.3 Å². The van der Waals surface area contributed by atoms with Crippen molar-refractivity contribution in [2.75, 3.05) is 25.5 Å². The number of pyridine rings is 1. The molecule has 1 aromatic carbocycles. The summed E-state index contributed by atoms with van der Waals surface area (Å²) in [7, 11) is 2.10. The zero-order valence-corrected chi connectivity index (χ0v) is 12.2. The van der Waals surface area contributed by atoms with Crippen molar-refractivity contribution in [2.45, 2.75) is 19.4 Å². The van der Waals surface area contributed by atoms with Crippen LogP contribution in [-0.4, -0.2) is 41.0 Å². The predicted molar refractivity (Wildman–Crippen MR) is 82.7 cm³/mol. The van der Waals surface area contributed by atoms with Gasteiger partial charge in [-0.1, -0.05) is 0 Å². The van der Waals surface area contributed by atoms with Gasteiger partial charge in [0.25, 0.3) is 5.69 Å². The molecule has 1 aliphatic rings. The number of aryl methyl sites for hydroxylation is 1. The van der Waals surface area contributed by atoms with E-state index in [2.05, 4.69) is 22.2 Å². The molecule has 1 atom stereocenters. The number of aromatic nitrogens is 1. The number of hydrogen-bond donors (Lipinski definition) is 1. The summed E-state index contributed by atoms with van der Waals surface area (Å²) in [4.78, 5) is 17.3. The Hall–Kier alpha value is -2.21. The Morgan fingerprint density at radius 3 is 2.90 bits per heavy atom. The molecule has 6 heteroatoms. The van der Waals surface area contributed by atoms with Crippen molar-refractivity contribution in [3.63, 3.8) is 0 Å². The van der Waals surface area contributed by atoms with Crippen LogP contribution in [0.2, 0.25) is 0 Å². The first-order chi connectivity index (χ1) is 10.0. The second-order valence-corrected chi connectivity index (χ2v) is 5.65. The number of hydrogen-bond acceptors (Lipinski definition) is 5. The molecular weight excluding hydrogens is 268 g/mol. The zero-order valence-electron chi connectivity index (χ0n) is 12.2. The molecule has 2 aromatic rings. The maximum absolute atomic E-state index is 11.1. The fourth-order valence-electron chi connectivity index (χ4n) is 2.89. The number of likely N-dealkylation sites (tertiary alicyclic amines) is 1. The van der Waals surface area contributed by atoms with Crippen LogP contribution >= 0.6 is 0 Å². The lowest BCUT2D eigenvalue weighted by Gasteiger charge is -2.16. The van der Waals surface area contributed by atoms with Gasteiger partial charge in [0.2, 0.25) is 0 Å². The summed E-state index contributed by atoms with van der Waals surface area (Å²) in [5.74, 6) is 0. The molecule has 0 amide bonds. The van der Waals surface area contributed by atoms with E-state index in [1.165, 1.54) is 0 Å². The van der Waals surface area contributed by atoms with Gasteiger partial charge in [0.15, 0.2) is 0 Å². The van der Waals surface area contributed by atoms with Crippen molar-refractivity contribution in [2.24, 2.45) is 0 Å². The lowest BCUT2D eigenvalue weighted by molar-refractivity contribution is -0.383. The Labute approximate surface area is 122 Å². The third-order valence-electron chi connectivity index (χ3n) is 3.96. The predicted octanol–water partition coefficient (Wildman–Crippen LogP) is 2.57. The SMILES string of the molecule is Cc1cc2c(NC3CCN(C)C3)ccc([N+](=O)[O-])c2cn1. The third-order valence-corrected chi connectivity index (χ3v) is 3.96. The van der Waals surface area contributed by atoms with Gasteiger partial charge >= 0.3 is 0 Å². The van der Waals surface area contributed by atoms with Crippen LogP contribution in [0.25, 0.3) is 10.8 Å². The highest BCUT2D eigenvalue weighted by Crippen LogP contribution is 2.32. The number of nitrogens with one attached hydrogen (secondary N) is 1. The fourth-order valence-corrected chi connectivity index (χ4v) is 2.89. The summed E-state index contributed by atoms with van der Waals surface area (Å²) in [6.07, 6.45) is 2.67. The Morgan fingerprint density at radius 1 is 1.43 bits per heavy atom. The van der Waals surface area contributed by atoms with Crippen LogP contribution in [-0.2, 0) is 0 Å². The molecule has 2 heterocycles. The molecule has 0 aliphatic carbocycles. The first-order valence-electron chi connectivity index (χ1n) is 7.03. The summed E-state index contributed by atoms with van der Waals surface area (Å²) in [5.41, 5.74) is 1.91. The van der Waals surface area contributed by atoms with Crippen molar-refractivity contribution in [3.8, 4) is 0 Å². The van der Waals surface area contributed by atoms with Crippen molar-refractivity contribution >= 4 is 22.1 Å². The standard InChI is InChI=1S/C15H18N4O2/c1-10-7-12-13(8-16-10)15(19(20)21)4-3-14(12)17-11-5-6-18(2)9-11/h3-4,7-8,11,17H,5-6,9H2,1-2H3. The van der Waals surface area contributed by atoms with Crippen molar-refractivity contribution in [1.29, 1.82) is 0 Å². The number of fused-ring (bicyclic) bond motifs is 1. The molecule has 3 rings (SSSR count). The molecule has 1 fully saturated rings. The molecule has 6 nitrogen and oxygen atoms in total. The maximum Gasteiger partial charge on any atom is 0.278 e. The molecular formula is C15H18N4O2. The zero-order chi connectivity index (χ0) is 15.0. The Morgan fingerprint density at radius 2 is 2.24 bits per heavy atom. The van der Waals surface area contributed by atoms with Gasteiger partial charge in [-0.25, -0.2) is 0 Å². The second kappa shape index (κ2) is 5.29. The van der Waals surface area contributed by atoms with E-state index in [9.17, 15) is 10.1 Å². The molecule has 0 spiro atoms. The van der Waals surface area contributed by atoms with Gasteiger partial charge in [0, 0.05) is 41.6 Å². The van der Waals surface area contributed by atoms with Crippen LogP contribution in [0, 0.1) is 17.0 Å². The van der Waals surface area contributed by atoms with E-state index < -0.39 is 0 Å². The maximum atomic E-state index is 11.1. The van der Waals surface area contributed by atoms with Gasteiger partial charge in [-0.05, 0) is 39.1 Å². The molecule has 0 saturated carbocycles. The molecule has 110 valence electrons. The molecule has 1 saturated heterocycles. The molecule has 0 bridgehead atoms. The normalized spacial score (nSPS) is 19.0. The highest BCUT2D eigenvalue weighted by molar-refractivity contribution is 5.99. The Bertz CT molecular complexity index is 701. The van der Waals surface area contributed by atoms with Gasteiger partial charge in [-0.15, -0.1) is 0 Å². The molecule has 1 unspecified atom stereocenters. The van der Waals surface area contributed by atoms with Crippen LogP contribution < -0.4 is 5.32 Å². The van der Waals surface area contributed by atoms with Gasteiger partial charge < -0.3 is 10.2 Å². The smallest absolute Gasteiger partial charge is 0.278 e. The highest BCUT2D eigenvalue weighted by Gasteiger charge is 2.21. The fraction of sp³-hybridized carbons (Fsp3) is 0.400. The van der Waals surface area contributed by atoms with Gasteiger partial charge in [0.1, 0.15) is 0 Å². The van der Waals surface area contributed by atoms with E-state index in [4.69, 9.17) is 0 Å². The van der Waals surface area contributed by atoms with Gasteiger partial charge in [0.05, 0.1) is 10.3 Å². The lowest BCUT2D eigenvalue weighted by atomic mass is 10.1. The van der Waals surface area contributed by atoms with E-state index in [1.807, 2.05) is 13.0 Å². The average Bonchev–Trinajstić information content (AvgIpc) is 2.84. The summed E-state index contributed by atoms with van der Waals surface area (Å²) in [6.45, 7) is 3.96. The minimum absolute atomic E-state index is 0.103. The van der Waals surface area contributed by atoms with Crippen LogP contribution in [0.15, 0.2) is 24.4 Å². The number of anilines is 1. The van der Waals surface area contributed by atoms with Gasteiger partial charge in [-0.2, -0.15) is 0 Å². The average molecular weight is 286 g/mol. The number of nitro groups is 1. The van der Waals surface area contributed by atoms with Crippen molar-refractivity contribution in [1.82, 2.24) is 9.88 Å². The third kappa shape index (κ3) is 2.67. The Balaban J connectivity index is 2.04. The number of benzene rings is 1. The molecule has 0 radical (unpaired) electrons. The molecule has 1 aliphatic heterocycles. The number of nitro benzene ring substituents is 1. The quantitative estimate of drug-likeness (QED) is 0.693. The molecule has 21 heavy (non-hydrogen) atoms. The monoisotopic (exact) mass is 286 g/mol. The van der Waals surface area contributed by atoms with Crippen LogP contribution in [0.1, 0.15) is 12.1 Å². The van der Waals surface area contributed by atoms with Crippen molar-refractivity contribution < 1.29 is 4.92 Å². The van der Waals surface area contributed by atoms with E-state index in [0.29, 0.717) is 11.4 Å². The highest BCUT2D eigenvalue weighted by atomic mass is 16.6. The van der Waals surface area contributed by atoms with Gasteiger partial charge in [-0.3, -0.25) is 15.1 Å². The summed E-state index contributed by atoms with van der Waals surface area (Å²) >= 11 is 0. The van der Waals surface area contributed by atoms with E-state index in [0.717, 1.165) is 36.3 Å². The minimum atomic E-state index is -0.355. The largest absolute Gasteiger partial charge is 0.380 e. The minimum Gasteiger partial charge on any atom is -0.380 e. The van der Waals surface area contributed by atoms with Crippen LogP contribution in [0.5, 0.6) is 0 Å². The number of non-ortho nitro benzene ring substituents is 1. The van der Waals surface area contributed by atoms with E-state index >= 15 is 0 Å². The lowest BCUT2D eigenvalue weighted by Crippen LogP contribution is -2.23. The first-order valence-corrected chi connectivity index (χ1v) is 7.03. The summed E-state index contributed by atoms with van der Waals surface area (Å²) < 4.78 is 0. The summed E-state index contributed by atoms with van der Waals surface area (Å²) in [6, 6.07) is 5.65. The second-order valence-electron chi connectivity index (χ2n) is 5.65. The van der Waals surface area contributed by atoms with Crippen molar-refractivity contribution in [3.05, 3.63) is 40.2 Å². The number of rotatable bonds is 3. The number of likely N-dealkylation sites (N-methyl/N-ethyl adjacent to an activating group) is 1. The van der Waals surface area contributed by atoms with Crippen LogP contribution in [0.4, 0.5) is 11.4 Å². The summed E-state index contributed by atoms with van der Waals surface area (Å²) in [5, 5.41) is 16.1. The number of nitrogens with zero attached hydrogens (tertiary/aromatic N) is 3. The Kier molecular flexibility index (Phi) is 3.47. The molecule has 1 N–H and O–H groups in total.